The number of carbonyl (C=O) groups excluding carboxylic acids is 2. The standard InChI is InChI=1S/C25H30F3N3O2/c1-3-24(32)31-13-7-11-29(2)10-6-12-30(17-19-14-21(27)22(28)16-23(19)31)25(33)15-18-8-4-5-9-20(18)26/h4-5,8-9,14,16H,3,6-7,10-13,15,17H2,1-2H3. The molecule has 0 aliphatic carbocycles. The maximum absolute atomic E-state index is 14.2. The number of carbonyl (C=O) groups is 2. The minimum atomic E-state index is -1.05. The van der Waals surface area contributed by atoms with Crippen LogP contribution in [0.5, 0.6) is 0 Å². The van der Waals surface area contributed by atoms with Crippen LogP contribution in [-0.4, -0.2) is 54.8 Å². The summed E-state index contributed by atoms with van der Waals surface area (Å²) in [6.45, 7) is 3.90. The van der Waals surface area contributed by atoms with Gasteiger partial charge < -0.3 is 14.7 Å². The highest BCUT2D eigenvalue weighted by Gasteiger charge is 2.24. The fourth-order valence-electron chi connectivity index (χ4n) is 4.08. The van der Waals surface area contributed by atoms with Gasteiger partial charge in [-0.15, -0.1) is 0 Å². The minimum absolute atomic E-state index is 0.00295. The Hall–Kier alpha value is -2.87. The van der Waals surface area contributed by atoms with E-state index in [0.717, 1.165) is 25.2 Å². The largest absolute Gasteiger partial charge is 0.338 e. The Labute approximate surface area is 192 Å². The van der Waals surface area contributed by atoms with Crippen molar-refractivity contribution in [1.29, 1.82) is 0 Å². The molecule has 0 unspecified atom stereocenters. The molecule has 0 atom stereocenters. The predicted molar refractivity (Wildman–Crippen MR) is 121 cm³/mol. The van der Waals surface area contributed by atoms with Crippen molar-refractivity contribution in [3.8, 4) is 0 Å². The predicted octanol–water partition coefficient (Wildman–Crippen LogP) is 4.14. The molecular formula is C25H30F3N3O2. The van der Waals surface area contributed by atoms with E-state index in [2.05, 4.69) is 4.90 Å². The molecular weight excluding hydrogens is 431 g/mol. The number of hydrogen-bond acceptors (Lipinski definition) is 3. The Morgan fingerprint density at radius 3 is 2.24 bits per heavy atom. The molecule has 0 aromatic heterocycles. The zero-order valence-electron chi connectivity index (χ0n) is 19.1. The van der Waals surface area contributed by atoms with E-state index in [1.807, 2.05) is 7.05 Å². The molecule has 0 bridgehead atoms. The number of fused-ring (bicyclic) bond motifs is 1. The summed E-state index contributed by atoms with van der Waals surface area (Å²) in [7, 11) is 1.96. The van der Waals surface area contributed by atoms with Gasteiger partial charge in [-0.2, -0.15) is 0 Å². The van der Waals surface area contributed by atoms with Crippen LogP contribution >= 0.6 is 0 Å². The molecule has 2 amide bonds. The van der Waals surface area contributed by atoms with Gasteiger partial charge in [0.25, 0.3) is 0 Å². The number of hydrogen-bond donors (Lipinski definition) is 0. The summed E-state index contributed by atoms with van der Waals surface area (Å²) in [5.74, 6) is -3.06. The molecule has 0 saturated heterocycles. The van der Waals surface area contributed by atoms with E-state index in [-0.39, 0.29) is 42.5 Å². The molecule has 0 N–H and O–H groups in total. The third kappa shape index (κ3) is 6.35. The molecule has 0 saturated carbocycles. The van der Waals surface area contributed by atoms with Crippen molar-refractivity contribution in [2.24, 2.45) is 0 Å². The number of benzene rings is 2. The van der Waals surface area contributed by atoms with E-state index in [4.69, 9.17) is 0 Å². The third-order valence-corrected chi connectivity index (χ3v) is 5.92. The van der Waals surface area contributed by atoms with Crippen molar-refractivity contribution < 1.29 is 22.8 Å². The number of halogens is 3. The molecule has 5 nitrogen and oxygen atoms in total. The average molecular weight is 462 g/mol. The van der Waals surface area contributed by atoms with Crippen LogP contribution in [-0.2, 0) is 22.6 Å². The SMILES string of the molecule is CCC(=O)N1CCCN(C)CCCN(C(=O)Cc2ccccc2F)Cc2cc(F)c(F)cc21. The van der Waals surface area contributed by atoms with E-state index in [1.54, 1.807) is 25.1 Å². The molecule has 0 radical (unpaired) electrons. The molecule has 1 aliphatic heterocycles. The molecule has 1 heterocycles. The first-order valence-corrected chi connectivity index (χ1v) is 11.3. The lowest BCUT2D eigenvalue weighted by atomic mass is 10.1. The van der Waals surface area contributed by atoms with Gasteiger partial charge in [0.1, 0.15) is 5.82 Å². The summed E-state index contributed by atoms with van der Waals surface area (Å²) in [6.07, 6.45) is 1.43. The number of amides is 2. The van der Waals surface area contributed by atoms with Crippen LogP contribution in [0, 0.1) is 17.5 Å². The van der Waals surface area contributed by atoms with Gasteiger partial charge in [0.2, 0.25) is 11.8 Å². The zero-order valence-corrected chi connectivity index (χ0v) is 19.1. The van der Waals surface area contributed by atoms with Crippen molar-refractivity contribution in [3.63, 3.8) is 0 Å². The summed E-state index contributed by atoms with van der Waals surface area (Å²) < 4.78 is 42.6. The van der Waals surface area contributed by atoms with E-state index >= 15 is 0 Å². The quantitative estimate of drug-likeness (QED) is 0.690. The van der Waals surface area contributed by atoms with E-state index in [9.17, 15) is 22.8 Å². The van der Waals surface area contributed by atoms with Gasteiger partial charge in [0.15, 0.2) is 11.6 Å². The smallest absolute Gasteiger partial charge is 0.227 e. The number of rotatable bonds is 3. The van der Waals surface area contributed by atoms with Crippen LogP contribution in [0.1, 0.15) is 37.3 Å². The summed E-state index contributed by atoms with van der Waals surface area (Å²) in [5.41, 5.74) is 0.901. The molecule has 33 heavy (non-hydrogen) atoms. The topological polar surface area (TPSA) is 43.9 Å². The van der Waals surface area contributed by atoms with E-state index in [1.165, 1.54) is 15.9 Å². The maximum Gasteiger partial charge on any atom is 0.227 e. The van der Waals surface area contributed by atoms with Crippen LogP contribution in [0.15, 0.2) is 36.4 Å². The molecule has 2 aromatic rings. The van der Waals surface area contributed by atoms with Gasteiger partial charge in [-0.05, 0) is 56.2 Å². The maximum atomic E-state index is 14.2. The van der Waals surface area contributed by atoms with Gasteiger partial charge in [-0.25, -0.2) is 13.2 Å². The molecule has 1 aliphatic rings. The zero-order chi connectivity index (χ0) is 24.0. The lowest BCUT2D eigenvalue weighted by Crippen LogP contribution is -2.38. The normalized spacial score (nSPS) is 16.0. The third-order valence-electron chi connectivity index (χ3n) is 5.92. The van der Waals surface area contributed by atoms with Crippen molar-refractivity contribution >= 4 is 17.5 Å². The number of anilines is 1. The Kier molecular flexibility index (Phi) is 8.49. The first kappa shape index (κ1) is 24.8. The second-order valence-electron chi connectivity index (χ2n) is 8.39. The van der Waals surface area contributed by atoms with Gasteiger partial charge >= 0.3 is 0 Å². The monoisotopic (exact) mass is 461 g/mol. The lowest BCUT2D eigenvalue weighted by Gasteiger charge is -2.31. The summed E-state index contributed by atoms with van der Waals surface area (Å²) >= 11 is 0. The van der Waals surface area contributed by atoms with E-state index < -0.39 is 17.5 Å². The highest BCUT2D eigenvalue weighted by Crippen LogP contribution is 2.27. The van der Waals surface area contributed by atoms with Crippen molar-refractivity contribution in [1.82, 2.24) is 9.80 Å². The molecule has 3 rings (SSSR count). The molecule has 178 valence electrons. The highest BCUT2D eigenvalue weighted by atomic mass is 19.2. The van der Waals surface area contributed by atoms with Crippen molar-refractivity contribution in [3.05, 3.63) is 65.0 Å². The molecule has 2 aromatic carbocycles. The van der Waals surface area contributed by atoms with Crippen molar-refractivity contribution in [2.75, 3.05) is 38.1 Å². The molecule has 8 heteroatoms. The molecule has 0 spiro atoms. The van der Waals surface area contributed by atoms with Crippen LogP contribution in [0.3, 0.4) is 0 Å². The Balaban J connectivity index is 1.99. The fraction of sp³-hybridized carbons (Fsp3) is 0.440. The van der Waals surface area contributed by atoms with Gasteiger partial charge in [0.05, 0.1) is 12.1 Å². The minimum Gasteiger partial charge on any atom is -0.338 e. The van der Waals surface area contributed by atoms with Gasteiger partial charge in [0, 0.05) is 32.1 Å². The van der Waals surface area contributed by atoms with E-state index in [0.29, 0.717) is 31.5 Å². The van der Waals surface area contributed by atoms with Crippen LogP contribution in [0.2, 0.25) is 0 Å². The average Bonchev–Trinajstić information content (AvgIpc) is 2.78. The van der Waals surface area contributed by atoms with Gasteiger partial charge in [-0.3, -0.25) is 9.59 Å². The Morgan fingerprint density at radius 2 is 1.55 bits per heavy atom. The van der Waals surface area contributed by atoms with Crippen LogP contribution in [0.4, 0.5) is 18.9 Å². The fourth-order valence-corrected chi connectivity index (χ4v) is 4.08. The second kappa shape index (κ2) is 11.3. The van der Waals surface area contributed by atoms with Crippen LogP contribution in [0.25, 0.3) is 0 Å². The highest BCUT2D eigenvalue weighted by molar-refractivity contribution is 5.94. The first-order chi connectivity index (χ1) is 15.8. The Bertz CT molecular complexity index is 999. The lowest BCUT2D eigenvalue weighted by molar-refractivity contribution is -0.131. The first-order valence-electron chi connectivity index (χ1n) is 11.3. The summed E-state index contributed by atoms with van der Waals surface area (Å²) in [6, 6.07) is 8.17. The van der Waals surface area contributed by atoms with Crippen molar-refractivity contribution in [2.45, 2.75) is 39.2 Å². The Morgan fingerprint density at radius 1 is 0.879 bits per heavy atom. The van der Waals surface area contributed by atoms with Crippen LogP contribution < -0.4 is 4.90 Å². The summed E-state index contributed by atoms with van der Waals surface area (Å²) in [5, 5.41) is 0. The number of nitrogens with zero attached hydrogens (tertiary/aromatic N) is 3. The van der Waals surface area contributed by atoms with Gasteiger partial charge in [-0.1, -0.05) is 25.1 Å². The molecule has 0 fully saturated rings. The summed E-state index contributed by atoms with van der Waals surface area (Å²) in [4.78, 5) is 31.0. The second-order valence-corrected chi connectivity index (χ2v) is 8.39.